The summed E-state index contributed by atoms with van der Waals surface area (Å²) in [6, 6.07) is 10.7. The molecule has 0 bridgehead atoms. The van der Waals surface area contributed by atoms with Gasteiger partial charge in [0.15, 0.2) is 5.11 Å². The van der Waals surface area contributed by atoms with E-state index in [-0.39, 0.29) is 11.0 Å². The number of nitrogens with one attached hydrogen (secondary N) is 2. The fourth-order valence-electron chi connectivity index (χ4n) is 1.76. The molecular weight excluding hydrogens is 437 g/mol. The van der Waals surface area contributed by atoms with E-state index in [1.54, 1.807) is 30.5 Å². The fraction of sp³-hybridized carbons (Fsp3) is 0.235. The van der Waals surface area contributed by atoms with E-state index in [9.17, 15) is 4.79 Å². The highest BCUT2D eigenvalue weighted by molar-refractivity contribution is 14.1. The maximum atomic E-state index is 12.3. The molecule has 24 heavy (non-hydrogen) atoms. The van der Waals surface area contributed by atoms with Crippen molar-refractivity contribution in [3.63, 3.8) is 0 Å². The number of anilines is 1. The van der Waals surface area contributed by atoms with Crippen LogP contribution in [0.2, 0.25) is 0 Å². The van der Waals surface area contributed by atoms with Crippen LogP contribution in [0, 0.1) is 9.49 Å². The Balaban J connectivity index is 1.94. The molecule has 2 N–H and O–H groups in total. The molecule has 0 aliphatic heterocycles. The first-order valence-corrected chi connectivity index (χ1v) is 8.89. The molecule has 126 valence electrons. The minimum absolute atomic E-state index is 0.196. The molecule has 2 rings (SSSR count). The van der Waals surface area contributed by atoms with Gasteiger partial charge >= 0.3 is 0 Å². The first kappa shape index (κ1) is 18.6. The Morgan fingerprint density at radius 2 is 2.12 bits per heavy atom. The lowest BCUT2D eigenvalue weighted by Crippen LogP contribution is -2.34. The van der Waals surface area contributed by atoms with Crippen LogP contribution >= 0.6 is 34.8 Å². The van der Waals surface area contributed by atoms with Gasteiger partial charge in [0.1, 0.15) is 11.6 Å². The Morgan fingerprint density at radius 3 is 2.79 bits per heavy atom. The summed E-state index contributed by atoms with van der Waals surface area (Å²) in [5.41, 5.74) is 0.482. The minimum Gasteiger partial charge on any atom is -0.493 e. The summed E-state index contributed by atoms with van der Waals surface area (Å²) in [6.45, 7) is 4.74. The quantitative estimate of drug-likeness (QED) is 0.530. The molecule has 0 saturated heterocycles. The van der Waals surface area contributed by atoms with E-state index in [1.165, 1.54) is 0 Å². The molecule has 1 aromatic carbocycles. The second kappa shape index (κ2) is 8.93. The van der Waals surface area contributed by atoms with Crippen molar-refractivity contribution in [1.82, 2.24) is 10.3 Å². The first-order valence-electron chi connectivity index (χ1n) is 7.41. The molecule has 1 heterocycles. The molecular formula is C17H18IN3O2S. The number of benzene rings is 1. The smallest absolute Gasteiger partial charge is 0.257 e. The maximum absolute atomic E-state index is 12.3. The molecule has 0 unspecified atom stereocenters. The van der Waals surface area contributed by atoms with Gasteiger partial charge < -0.3 is 10.1 Å². The van der Waals surface area contributed by atoms with E-state index < -0.39 is 0 Å². The van der Waals surface area contributed by atoms with Crippen molar-refractivity contribution in [3.8, 4) is 5.75 Å². The zero-order valence-electron chi connectivity index (χ0n) is 13.4. The van der Waals surface area contributed by atoms with E-state index in [4.69, 9.17) is 17.0 Å². The molecule has 0 atom stereocenters. The van der Waals surface area contributed by atoms with E-state index in [0.717, 1.165) is 3.57 Å². The van der Waals surface area contributed by atoms with Crippen LogP contribution in [0.25, 0.3) is 0 Å². The second-order valence-electron chi connectivity index (χ2n) is 5.50. The third kappa shape index (κ3) is 6.04. The van der Waals surface area contributed by atoms with Gasteiger partial charge in [0.05, 0.1) is 6.61 Å². The number of hydrogen-bond donors (Lipinski definition) is 2. The van der Waals surface area contributed by atoms with Gasteiger partial charge in [-0.15, -0.1) is 0 Å². The highest BCUT2D eigenvalue weighted by Crippen LogP contribution is 2.14. The Morgan fingerprint density at radius 1 is 1.33 bits per heavy atom. The molecule has 0 aliphatic rings. The van der Waals surface area contributed by atoms with Crippen molar-refractivity contribution >= 4 is 51.6 Å². The number of amides is 1. The number of hydrogen-bond acceptors (Lipinski definition) is 4. The monoisotopic (exact) mass is 455 g/mol. The number of thiocarbonyl (C=S) groups is 1. The summed E-state index contributed by atoms with van der Waals surface area (Å²) in [5, 5.41) is 5.71. The molecule has 7 heteroatoms. The number of rotatable bonds is 5. The Bertz CT molecular complexity index is 720. The number of aromatic nitrogens is 1. The number of pyridine rings is 1. The molecule has 2 aromatic rings. The first-order chi connectivity index (χ1) is 11.4. The molecule has 0 spiro atoms. The molecule has 5 nitrogen and oxygen atoms in total. The fourth-order valence-corrected chi connectivity index (χ4v) is 2.28. The van der Waals surface area contributed by atoms with E-state index in [0.29, 0.717) is 29.7 Å². The topological polar surface area (TPSA) is 63.2 Å². The summed E-state index contributed by atoms with van der Waals surface area (Å²) in [4.78, 5) is 16.4. The largest absolute Gasteiger partial charge is 0.493 e. The standard InChI is InChI=1S/C17H18IN3O2S/c1-11(2)10-23-14-5-3-4-12(8-14)16(22)21-17(24)20-15-7-6-13(18)9-19-15/h3-9,11H,10H2,1-2H3,(H2,19,20,21,22,24). The van der Waals surface area contributed by atoms with Gasteiger partial charge in [0.25, 0.3) is 5.91 Å². The predicted molar refractivity (Wildman–Crippen MR) is 107 cm³/mol. The highest BCUT2D eigenvalue weighted by Gasteiger charge is 2.09. The summed E-state index contributed by atoms with van der Waals surface area (Å²) in [7, 11) is 0. The number of carbonyl (C=O) groups excluding carboxylic acids is 1. The lowest BCUT2D eigenvalue weighted by atomic mass is 10.2. The lowest BCUT2D eigenvalue weighted by molar-refractivity contribution is 0.0977. The number of halogens is 1. The zero-order chi connectivity index (χ0) is 17.5. The van der Waals surface area contributed by atoms with Gasteiger partial charge in [-0.3, -0.25) is 10.1 Å². The summed E-state index contributed by atoms with van der Waals surface area (Å²) in [5.74, 6) is 1.36. The lowest BCUT2D eigenvalue weighted by Gasteiger charge is -2.11. The molecule has 0 saturated carbocycles. The van der Waals surface area contributed by atoms with Crippen molar-refractivity contribution < 1.29 is 9.53 Å². The van der Waals surface area contributed by atoms with Crippen LogP contribution in [0.4, 0.5) is 5.82 Å². The SMILES string of the molecule is CC(C)COc1cccc(C(=O)NC(=S)Nc2ccc(I)cn2)c1. The summed E-state index contributed by atoms with van der Waals surface area (Å²) in [6.07, 6.45) is 1.71. The van der Waals surface area contributed by atoms with Crippen LogP contribution < -0.4 is 15.4 Å². The molecule has 1 aromatic heterocycles. The molecule has 0 aliphatic carbocycles. The zero-order valence-corrected chi connectivity index (χ0v) is 16.3. The van der Waals surface area contributed by atoms with Crippen molar-refractivity contribution in [3.05, 3.63) is 51.7 Å². The van der Waals surface area contributed by atoms with Crippen molar-refractivity contribution in [2.75, 3.05) is 11.9 Å². The molecule has 1 amide bonds. The summed E-state index contributed by atoms with van der Waals surface area (Å²) < 4.78 is 6.65. The Hall–Kier alpha value is -1.74. The average molecular weight is 455 g/mol. The van der Waals surface area contributed by atoms with E-state index in [2.05, 4.69) is 52.1 Å². The highest BCUT2D eigenvalue weighted by atomic mass is 127. The number of ether oxygens (including phenoxy) is 1. The number of nitrogens with zero attached hydrogens (tertiary/aromatic N) is 1. The van der Waals surface area contributed by atoms with Crippen LogP contribution in [-0.4, -0.2) is 22.6 Å². The van der Waals surface area contributed by atoms with Crippen molar-refractivity contribution in [1.29, 1.82) is 0 Å². The summed E-state index contributed by atoms with van der Waals surface area (Å²) >= 11 is 7.31. The number of carbonyl (C=O) groups is 1. The van der Waals surface area contributed by atoms with Crippen LogP contribution in [0.15, 0.2) is 42.6 Å². The van der Waals surface area contributed by atoms with E-state index in [1.807, 2.05) is 12.1 Å². The maximum Gasteiger partial charge on any atom is 0.257 e. The van der Waals surface area contributed by atoms with Crippen LogP contribution in [-0.2, 0) is 0 Å². The molecule has 0 fully saturated rings. The predicted octanol–water partition coefficient (Wildman–Crippen LogP) is 3.85. The third-order valence-corrected chi connectivity index (χ3v) is 3.72. The van der Waals surface area contributed by atoms with Crippen LogP contribution in [0.3, 0.4) is 0 Å². The molecule has 0 radical (unpaired) electrons. The van der Waals surface area contributed by atoms with Crippen molar-refractivity contribution in [2.45, 2.75) is 13.8 Å². The van der Waals surface area contributed by atoms with Crippen molar-refractivity contribution in [2.24, 2.45) is 5.92 Å². The Kier molecular flexibility index (Phi) is 6.92. The third-order valence-electron chi connectivity index (χ3n) is 2.88. The Labute approximate surface area is 160 Å². The van der Waals surface area contributed by atoms with Gasteiger partial charge in [-0.05, 0) is 71.1 Å². The normalized spacial score (nSPS) is 10.3. The van der Waals surface area contributed by atoms with E-state index >= 15 is 0 Å². The van der Waals surface area contributed by atoms with Gasteiger partial charge in [-0.25, -0.2) is 4.98 Å². The van der Waals surface area contributed by atoms with Gasteiger partial charge in [-0.1, -0.05) is 19.9 Å². The minimum atomic E-state index is -0.298. The van der Waals surface area contributed by atoms with Gasteiger partial charge in [0.2, 0.25) is 0 Å². The second-order valence-corrected chi connectivity index (χ2v) is 7.16. The van der Waals surface area contributed by atoms with Crippen LogP contribution in [0.5, 0.6) is 5.75 Å². The van der Waals surface area contributed by atoms with Crippen LogP contribution in [0.1, 0.15) is 24.2 Å². The van der Waals surface area contributed by atoms with Gasteiger partial charge in [-0.2, -0.15) is 0 Å². The van der Waals surface area contributed by atoms with Gasteiger partial charge in [0, 0.05) is 15.3 Å². The average Bonchev–Trinajstić information content (AvgIpc) is 2.55.